The van der Waals surface area contributed by atoms with Crippen LogP contribution in [-0.2, 0) is 10.2 Å². The van der Waals surface area contributed by atoms with Gasteiger partial charge < -0.3 is 10.4 Å². The third-order valence-electron chi connectivity index (χ3n) is 4.31. The molecule has 0 bridgehead atoms. The van der Waals surface area contributed by atoms with Gasteiger partial charge in [-0.2, -0.15) is 0 Å². The maximum absolute atomic E-state index is 13.2. The standard InChI is InChI=1S/C17H17FN2O2/c18-13-7-5-12(6-8-13)17(9-1-2-10-17)16(22)20-15-14(21)4-3-11-19-15/h3-8,11,21H,1-2,9-10H2,(H,19,20,22). The molecule has 2 N–H and O–H groups in total. The molecule has 1 fully saturated rings. The van der Waals surface area contributed by atoms with Crippen LogP contribution in [0.4, 0.5) is 10.2 Å². The molecule has 0 aliphatic heterocycles. The van der Waals surface area contributed by atoms with Crippen LogP contribution in [0.5, 0.6) is 5.75 Å². The summed E-state index contributed by atoms with van der Waals surface area (Å²) in [4.78, 5) is 16.8. The molecule has 1 aliphatic rings. The van der Waals surface area contributed by atoms with Gasteiger partial charge in [0.2, 0.25) is 5.91 Å². The lowest BCUT2D eigenvalue weighted by molar-refractivity contribution is -0.121. The summed E-state index contributed by atoms with van der Waals surface area (Å²) in [6.07, 6.45) is 4.81. The molecule has 1 aromatic carbocycles. The molecule has 0 radical (unpaired) electrons. The minimum Gasteiger partial charge on any atom is -0.504 e. The SMILES string of the molecule is O=C(Nc1ncccc1O)C1(c2ccc(F)cc2)CCCC1. The predicted octanol–water partition coefficient (Wildman–Crippen LogP) is 3.38. The Morgan fingerprint density at radius 1 is 1.18 bits per heavy atom. The van der Waals surface area contributed by atoms with E-state index in [1.165, 1.54) is 24.4 Å². The number of hydrogen-bond donors (Lipinski definition) is 2. The highest BCUT2D eigenvalue weighted by Crippen LogP contribution is 2.42. The number of benzene rings is 1. The molecular weight excluding hydrogens is 283 g/mol. The van der Waals surface area contributed by atoms with E-state index in [2.05, 4.69) is 10.3 Å². The smallest absolute Gasteiger partial charge is 0.236 e. The number of nitrogens with one attached hydrogen (secondary N) is 1. The maximum Gasteiger partial charge on any atom is 0.236 e. The Morgan fingerprint density at radius 2 is 1.86 bits per heavy atom. The molecule has 0 atom stereocenters. The first-order chi connectivity index (χ1) is 10.6. The van der Waals surface area contributed by atoms with Crippen LogP contribution in [0.15, 0.2) is 42.6 Å². The van der Waals surface area contributed by atoms with Gasteiger partial charge in [-0.15, -0.1) is 0 Å². The van der Waals surface area contributed by atoms with E-state index in [1.807, 2.05) is 0 Å². The van der Waals surface area contributed by atoms with E-state index in [4.69, 9.17) is 0 Å². The lowest BCUT2D eigenvalue weighted by Gasteiger charge is -2.28. The van der Waals surface area contributed by atoms with Crippen LogP contribution in [0.3, 0.4) is 0 Å². The summed E-state index contributed by atoms with van der Waals surface area (Å²) in [7, 11) is 0. The third-order valence-corrected chi connectivity index (χ3v) is 4.31. The first-order valence-electron chi connectivity index (χ1n) is 7.33. The van der Waals surface area contributed by atoms with Crippen molar-refractivity contribution in [2.75, 3.05) is 5.32 Å². The molecule has 114 valence electrons. The van der Waals surface area contributed by atoms with Gasteiger partial charge >= 0.3 is 0 Å². The highest BCUT2D eigenvalue weighted by Gasteiger charge is 2.43. The van der Waals surface area contributed by atoms with Crippen LogP contribution >= 0.6 is 0 Å². The number of amides is 1. The number of carbonyl (C=O) groups excluding carboxylic acids is 1. The number of hydrogen-bond acceptors (Lipinski definition) is 3. The summed E-state index contributed by atoms with van der Waals surface area (Å²) in [5, 5.41) is 12.5. The van der Waals surface area contributed by atoms with Gasteiger partial charge in [0.05, 0.1) is 5.41 Å². The quantitative estimate of drug-likeness (QED) is 0.913. The Morgan fingerprint density at radius 3 is 2.50 bits per heavy atom. The van der Waals surface area contributed by atoms with E-state index < -0.39 is 5.41 Å². The molecule has 1 aliphatic carbocycles. The molecule has 2 aromatic rings. The summed E-state index contributed by atoms with van der Waals surface area (Å²) in [5.74, 6) is -0.436. The summed E-state index contributed by atoms with van der Waals surface area (Å²) in [6, 6.07) is 9.15. The fraction of sp³-hybridized carbons (Fsp3) is 0.294. The highest BCUT2D eigenvalue weighted by atomic mass is 19.1. The molecule has 1 saturated carbocycles. The van der Waals surface area contributed by atoms with E-state index >= 15 is 0 Å². The molecule has 0 saturated heterocycles. The van der Waals surface area contributed by atoms with Crippen molar-refractivity contribution in [3.05, 3.63) is 54.0 Å². The average molecular weight is 300 g/mol. The van der Waals surface area contributed by atoms with Gasteiger partial charge in [0.25, 0.3) is 0 Å². The molecule has 22 heavy (non-hydrogen) atoms. The van der Waals surface area contributed by atoms with Gasteiger partial charge in [-0.05, 0) is 42.7 Å². The van der Waals surface area contributed by atoms with Crippen LogP contribution in [0.2, 0.25) is 0 Å². The molecule has 0 spiro atoms. The average Bonchev–Trinajstić information content (AvgIpc) is 3.01. The van der Waals surface area contributed by atoms with Crippen LogP contribution in [0.1, 0.15) is 31.2 Å². The Labute approximate surface area is 128 Å². The van der Waals surface area contributed by atoms with Gasteiger partial charge in [-0.25, -0.2) is 9.37 Å². The van der Waals surface area contributed by atoms with E-state index in [0.29, 0.717) is 12.8 Å². The molecule has 1 heterocycles. The van der Waals surface area contributed by atoms with Gasteiger partial charge in [-0.3, -0.25) is 4.79 Å². The van der Waals surface area contributed by atoms with Crippen molar-refractivity contribution in [3.8, 4) is 5.75 Å². The second-order valence-corrected chi connectivity index (χ2v) is 5.62. The second-order valence-electron chi connectivity index (χ2n) is 5.62. The molecule has 3 rings (SSSR count). The Bertz CT molecular complexity index is 679. The van der Waals surface area contributed by atoms with Crippen molar-refractivity contribution in [2.24, 2.45) is 0 Å². The van der Waals surface area contributed by atoms with Crippen molar-refractivity contribution in [1.29, 1.82) is 0 Å². The molecule has 1 aromatic heterocycles. The number of aromatic nitrogens is 1. The highest BCUT2D eigenvalue weighted by molar-refractivity contribution is 5.99. The van der Waals surface area contributed by atoms with Crippen molar-refractivity contribution in [1.82, 2.24) is 4.98 Å². The maximum atomic E-state index is 13.2. The summed E-state index contributed by atoms with van der Waals surface area (Å²) in [5.41, 5.74) is 0.122. The second kappa shape index (κ2) is 5.75. The number of anilines is 1. The zero-order valence-electron chi connectivity index (χ0n) is 12.1. The number of carbonyl (C=O) groups is 1. The number of pyridine rings is 1. The number of nitrogens with zero attached hydrogens (tertiary/aromatic N) is 1. The molecule has 5 heteroatoms. The topological polar surface area (TPSA) is 62.2 Å². The van der Waals surface area contributed by atoms with E-state index in [1.54, 1.807) is 18.2 Å². The van der Waals surface area contributed by atoms with E-state index in [0.717, 1.165) is 18.4 Å². The summed E-state index contributed by atoms with van der Waals surface area (Å²) >= 11 is 0. The van der Waals surface area contributed by atoms with Gasteiger partial charge in [0.1, 0.15) is 5.82 Å². The van der Waals surface area contributed by atoms with Crippen molar-refractivity contribution < 1.29 is 14.3 Å². The van der Waals surface area contributed by atoms with Crippen molar-refractivity contribution >= 4 is 11.7 Å². The number of aromatic hydroxyl groups is 1. The first-order valence-corrected chi connectivity index (χ1v) is 7.33. The lowest BCUT2D eigenvalue weighted by Crippen LogP contribution is -2.38. The molecular formula is C17H17FN2O2. The fourth-order valence-electron chi connectivity index (χ4n) is 3.11. The Hall–Kier alpha value is -2.43. The van der Waals surface area contributed by atoms with Crippen LogP contribution in [0, 0.1) is 5.82 Å². The zero-order valence-corrected chi connectivity index (χ0v) is 12.1. The Balaban J connectivity index is 1.92. The number of rotatable bonds is 3. The normalized spacial score (nSPS) is 16.4. The van der Waals surface area contributed by atoms with E-state index in [9.17, 15) is 14.3 Å². The number of halogens is 1. The van der Waals surface area contributed by atoms with Gasteiger partial charge in [0, 0.05) is 6.20 Å². The minimum absolute atomic E-state index is 0.0666. The fourth-order valence-corrected chi connectivity index (χ4v) is 3.11. The largest absolute Gasteiger partial charge is 0.504 e. The van der Waals surface area contributed by atoms with Gasteiger partial charge in [0.15, 0.2) is 11.6 Å². The van der Waals surface area contributed by atoms with Crippen molar-refractivity contribution in [3.63, 3.8) is 0 Å². The minimum atomic E-state index is -0.683. The Kier molecular flexibility index (Phi) is 3.79. The van der Waals surface area contributed by atoms with E-state index in [-0.39, 0.29) is 23.3 Å². The summed E-state index contributed by atoms with van der Waals surface area (Å²) in [6.45, 7) is 0. The third kappa shape index (κ3) is 2.54. The van der Waals surface area contributed by atoms with Gasteiger partial charge in [-0.1, -0.05) is 25.0 Å². The molecule has 1 amide bonds. The molecule has 0 unspecified atom stereocenters. The van der Waals surface area contributed by atoms with Crippen LogP contribution in [0.25, 0.3) is 0 Å². The predicted molar refractivity (Wildman–Crippen MR) is 81.1 cm³/mol. The zero-order chi connectivity index (χ0) is 15.6. The van der Waals surface area contributed by atoms with Crippen LogP contribution < -0.4 is 5.32 Å². The van der Waals surface area contributed by atoms with Crippen molar-refractivity contribution in [2.45, 2.75) is 31.1 Å². The van der Waals surface area contributed by atoms with Crippen LogP contribution in [-0.4, -0.2) is 16.0 Å². The monoisotopic (exact) mass is 300 g/mol. The molecule has 4 nitrogen and oxygen atoms in total. The first kappa shape index (κ1) is 14.5. The lowest BCUT2D eigenvalue weighted by atomic mass is 9.78. The summed E-state index contributed by atoms with van der Waals surface area (Å²) < 4.78 is 13.2.